The molecule has 7 heteroatoms. The number of nitrogens with zero attached hydrogens (tertiary/aromatic N) is 3. The average Bonchev–Trinajstić information content (AvgIpc) is 2.67. The molecule has 0 spiro atoms. The number of pyridine rings is 2. The number of hydrogen-bond acceptors (Lipinski definition) is 5. The molecule has 0 saturated heterocycles. The highest BCUT2D eigenvalue weighted by Gasteiger charge is 2.05. The molecule has 0 aliphatic rings. The first-order chi connectivity index (χ1) is 13.1. The van der Waals surface area contributed by atoms with Crippen LogP contribution in [0.15, 0.2) is 47.7 Å². The van der Waals surface area contributed by atoms with Gasteiger partial charge < -0.3 is 5.32 Å². The van der Waals surface area contributed by atoms with E-state index in [9.17, 15) is 4.79 Å². The number of aromatic amines is 1. The largest absolute Gasteiger partial charge is 0.356 e. The second-order valence-electron chi connectivity index (χ2n) is 6.39. The normalized spacial score (nSPS) is 10.7. The number of H-pyrrole nitrogens is 1. The van der Waals surface area contributed by atoms with Crippen molar-refractivity contribution < 1.29 is 0 Å². The fourth-order valence-electron chi connectivity index (χ4n) is 2.69. The standard InChI is InChI=1S/C20H22IN5O/c1-14-7-8-15(12-24-14)11-16-13-25-20(26-19(16)27)23-9-3-2-6-18-17(21)5-4-10-22-18/h4-5,7-8,10,12-13H,2-3,6,9,11H2,1H3,(H2,23,25,26,27). The first-order valence-electron chi connectivity index (χ1n) is 8.95. The molecular weight excluding hydrogens is 453 g/mol. The van der Waals surface area contributed by atoms with Crippen molar-refractivity contribution in [2.45, 2.75) is 32.6 Å². The van der Waals surface area contributed by atoms with Gasteiger partial charge in [0, 0.05) is 46.4 Å². The van der Waals surface area contributed by atoms with Gasteiger partial charge in [0.2, 0.25) is 5.95 Å². The SMILES string of the molecule is Cc1ccc(Cc2cnc(NCCCCc3ncccc3I)[nH]c2=O)cn1. The van der Waals surface area contributed by atoms with Crippen LogP contribution in [0.25, 0.3) is 0 Å². The molecule has 3 aromatic heterocycles. The summed E-state index contributed by atoms with van der Waals surface area (Å²) in [7, 11) is 0. The Hall–Kier alpha value is -2.29. The second kappa shape index (κ2) is 9.59. The van der Waals surface area contributed by atoms with Gasteiger partial charge in [-0.05, 0) is 72.5 Å². The van der Waals surface area contributed by atoms with Crippen LogP contribution in [0, 0.1) is 10.5 Å². The van der Waals surface area contributed by atoms with Crippen LogP contribution in [-0.2, 0) is 12.8 Å². The van der Waals surface area contributed by atoms with Gasteiger partial charge in [0.05, 0.1) is 5.69 Å². The molecule has 0 aliphatic heterocycles. The third-order valence-corrected chi connectivity index (χ3v) is 5.19. The van der Waals surface area contributed by atoms with Crippen LogP contribution in [0.2, 0.25) is 0 Å². The molecule has 3 rings (SSSR count). The number of aryl methyl sites for hydroxylation is 2. The number of halogens is 1. The minimum atomic E-state index is -0.115. The fraction of sp³-hybridized carbons (Fsp3) is 0.300. The summed E-state index contributed by atoms with van der Waals surface area (Å²) in [6, 6.07) is 7.95. The van der Waals surface area contributed by atoms with E-state index in [-0.39, 0.29) is 5.56 Å². The van der Waals surface area contributed by atoms with E-state index in [1.807, 2.05) is 31.3 Å². The van der Waals surface area contributed by atoms with Crippen LogP contribution in [0.3, 0.4) is 0 Å². The minimum Gasteiger partial charge on any atom is -0.356 e. The van der Waals surface area contributed by atoms with Crippen molar-refractivity contribution in [3.63, 3.8) is 0 Å². The maximum Gasteiger partial charge on any atom is 0.255 e. The van der Waals surface area contributed by atoms with E-state index in [0.29, 0.717) is 17.9 Å². The highest BCUT2D eigenvalue weighted by Crippen LogP contribution is 2.11. The van der Waals surface area contributed by atoms with E-state index in [0.717, 1.165) is 42.8 Å². The molecule has 2 N–H and O–H groups in total. The number of nitrogens with one attached hydrogen (secondary N) is 2. The van der Waals surface area contributed by atoms with Crippen molar-refractivity contribution in [2.75, 3.05) is 11.9 Å². The van der Waals surface area contributed by atoms with E-state index in [2.05, 4.69) is 53.9 Å². The third kappa shape index (κ3) is 5.85. The van der Waals surface area contributed by atoms with Crippen molar-refractivity contribution in [2.24, 2.45) is 0 Å². The van der Waals surface area contributed by atoms with E-state index in [4.69, 9.17) is 0 Å². The Bertz CT molecular complexity index is 940. The molecule has 0 amide bonds. The molecule has 0 saturated carbocycles. The number of unbranched alkanes of at least 4 members (excludes halogenated alkanes) is 1. The van der Waals surface area contributed by atoms with E-state index in [1.54, 1.807) is 12.4 Å². The number of anilines is 1. The average molecular weight is 475 g/mol. The first kappa shape index (κ1) is 19.5. The molecule has 0 radical (unpaired) electrons. The molecule has 0 atom stereocenters. The van der Waals surface area contributed by atoms with Gasteiger partial charge >= 0.3 is 0 Å². The topological polar surface area (TPSA) is 83.6 Å². The summed E-state index contributed by atoms with van der Waals surface area (Å²) >= 11 is 2.31. The van der Waals surface area contributed by atoms with Crippen LogP contribution in [0.4, 0.5) is 5.95 Å². The molecule has 0 aromatic carbocycles. The minimum absolute atomic E-state index is 0.115. The van der Waals surface area contributed by atoms with Crippen molar-refractivity contribution >= 4 is 28.5 Å². The number of rotatable bonds is 8. The summed E-state index contributed by atoms with van der Waals surface area (Å²) in [4.78, 5) is 28.1. The van der Waals surface area contributed by atoms with Gasteiger partial charge in [-0.25, -0.2) is 4.98 Å². The van der Waals surface area contributed by atoms with Gasteiger partial charge in [0.25, 0.3) is 5.56 Å². The molecule has 3 aromatic rings. The monoisotopic (exact) mass is 475 g/mol. The van der Waals surface area contributed by atoms with E-state index < -0.39 is 0 Å². The molecule has 6 nitrogen and oxygen atoms in total. The molecule has 140 valence electrons. The first-order valence-corrected chi connectivity index (χ1v) is 10.0. The van der Waals surface area contributed by atoms with Gasteiger partial charge in [-0.1, -0.05) is 6.07 Å². The van der Waals surface area contributed by atoms with Gasteiger partial charge in [-0.15, -0.1) is 0 Å². The van der Waals surface area contributed by atoms with Crippen LogP contribution >= 0.6 is 22.6 Å². The predicted molar refractivity (Wildman–Crippen MR) is 115 cm³/mol. The Kier molecular flexibility index (Phi) is 6.92. The van der Waals surface area contributed by atoms with Gasteiger partial charge in [-0.3, -0.25) is 19.7 Å². The lowest BCUT2D eigenvalue weighted by molar-refractivity contribution is 0.742. The Morgan fingerprint density at radius 2 is 2.00 bits per heavy atom. The zero-order valence-corrected chi connectivity index (χ0v) is 17.4. The van der Waals surface area contributed by atoms with E-state index in [1.165, 1.54) is 3.57 Å². The molecule has 0 fully saturated rings. The maximum absolute atomic E-state index is 12.3. The fourth-order valence-corrected chi connectivity index (χ4v) is 3.30. The summed E-state index contributed by atoms with van der Waals surface area (Å²) in [5, 5.41) is 3.18. The Morgan fingerprint density at radius 1 is 1.11 bits per heavy atom. The van der Waals surface area contributed by atoms with Crippen molar-refractivity contribution in [3.8, 4) is 0 Å². The Balaban J connectivity index is 1.47. The smallest absolute Gasteiger partial charge is 0.255 e. The molecule has 0 bridgehead atoms. The molecular formula is C20H22IN5O. The highest BCUT2D eigenvalue weighted by atomic mass is 127. The van der Waals surface area contributed by atoms with Crippen molar-refractivity contribution in [3.05, 3.63) is 79.3 Å². The lowest BCUT2D eigenvalue weighted by Gasteiger charge is -2.07. The quantitative estimate of drug-likeness (QED) is 0.385. The summed E-state index contributed by atoms with van der Waals surface area (Å²) in [6.07, 6.45) is 8.75. The molecule has 0 unspecified atom stereocenters. The second-order valence-corrected chi connectivity index (χ2v) is 7.55. The van der Waals surface area contributed by atoms with Gasteiger partial charge in [-0.2, -0.15) is 0 Å². The van der Waals surface area contributed by atoms with Crippen molar-refractivity contribution in [1.29, 1.82) is 0 Å². The maximum atomic E-state index is 12.3. The molecule has 0 aliphatic carbocycles. The summed E-state index contributed by atoms with van der Waals surface area (Å²) in [5.74, 6) is 0.512. The van der Waals surface area contributed by atoms with Gasteiger partial charge in [0.1, 0.15) is 0 Å². The molecule has 3 heterocycles. The Morgan fingerprint density at radius 3 is 2.74 bits per heavy atom. The summed E-state index contributed by atoms with van der Waals surface area (Å²) in [5.41, 5.74) is 3.62. The summed E-state index contributed by atoms with van der Waals surface area (Å²) < 4.78 is 1.20. The Labute approximate surface area is 172 Å². The van der Waals surface area contributed by atoms with E-state index >= 15 is 0 Å². The lowest BCUT2D eigenvalue weighted by atomic mass is 10.1. The van der Waals surface area contributed by atoms with Crippen molar-refractivity contribution in [1.82, 2.24) is 19.9 Å². The van der Waals surface area contributed by atoms with Crippen LogP contribution in [0.5, 0.6) is 0 Å². The van der Waals surface area contributed by atoms with Crippen LogP contribution in [0.1, 0.15) is 35.4 Å². The van der Waals surface area contributed by atoms with Crippen LogP contribution < -0.4 is 10.9 Å². The van der Waals surface area contributed by atoms with Gasteiger partial charge in [0.15, 0.2) is 0 Å². The lowest BCUT2D eigenvalue weighted by Crippen LogP contribution is -2.17. The summed E-state index contributed by atoms with van der Waals surface area (Å²) in [6.45, 7) is 2.70. The van der Waals surface area contributed by atoms with Crippen LogP contribution in [-0.4, -0.2) is 26.5 Å². The number of hydrogen-bond donors (Lipinski definition) is 2. The zero-order valence-electron chi connectivity index (χ0n) is 15.2. The molecule has 27 heavy (non-hydrogen) atoms. The number of aromatic nitrogens is 4. The zero-order chi connectivity index (χ0) is 19.1. The predicted octanol–water partition coefficient (Wildman–Crippen LogP) is 3.50. The third-order valence-electron chi connectivity index (χ3n) is 4.21. The highest BCUT2D eigenvalue weighted by molar-refractivity contribution is 14.1.